The number of ketones is 1. The molecule has 28 heavy (non-hydrogen) atoms. The van der Waals surface area contributed by atoms with Gasteiger partial charge in [0.2, 0.25) is 0 Å². The number of Topliss-reactive ketones (excluding diaryl/α,β-unsaturated/α-hetero) is 1. The van der Waals surface area contributed by atoms with Gasteiger partial charge < -0.3 is 4.42 Å². The topological polar surface area (TPSA) is 109 Å². The van der Waals surface area contributed by atoms with Crippen LogP contribution >= 0.6 is 11.8 Å². The number of nitro benzene ring substituents is 1. The predicted octanol–water partition coefficient (Wildman–Crippen LogP) is 4.62. The van der Waals surface area contributed by atoms with Gasteiger partial charge in [0, 0.05) is 29.5 Å². The first-order valence-electron chi connectivity index (χ1n) is 8.50. The highest BCUT2D eigenvalue weighted by molar-refractivity contribution is 8.02. The molecule has 3 rings (SSSR count). The van der Waals surface area contributed by atoms with E-state index in [2.05, 4.69) is 11.1 Å². The second-order valence-corrected chi connectivity index (χ2v) is 7.39. The second-order valence-electron chi connectivity index (χ2n) is 6.42. The molecular weight excluding hydrogens is 378 g/mol. The number of thioether (sulfide) groups is 1. The van der Waals surface area contributed by atoms with Crippen molar-refractivity contribution in [3.05, 3.63) is 74.7 Å². The van der Waals surface area contributed by atoms with Gasteiger partial charge in [-0.15, -0.1) is 11.8 Å². The Kier molecular flexibility index (Phi) is 5.76. The Morgan fingerprint density at radius 1 is 1.43 bits per heavy atom. The minimum Gasteiger partial charge on any atom is -0.472 e. The molecule has 1 aromatic heterocycles. The average molecular weight is 395 g/mol. The fourth-order valence-electron chi connectivity index (χ4n) is 3.31. The lowest BCUT2D eigenvalue weighted by Crippen LogP contribution is -2.31. The molecule has 8 heteroatoms. The maximum absolute atomic E-state index is 12.2. The molecule has 142 valence electrons. The lowest BCUT2D eigenvalue weighted by atomic mass is 9.76. The number of non-ortho nitro benzene ring substituents is 1. The van der Waals surface area contributed by atoms with Crippen molar-refractivity contribution in [3.8, 4) is 6.07 Å². The molecule has 0 N–H and O–H groups in total. The summed E-state index contributed by atoms with van der Waals surface area (Å²) in [6.07, 6.45) is 3.05. The van der Waals surface area contributed by atoms with Crippen LogP contribution in [-0.4, -0.2) is 16.4 Å². The summed E-state index contributed by atoms with van der Waals surface area (Å²) in [5.41, 5.74) is 2.57. The summed E-state index contributed by atoms with van der Waals surface area (Å²) in [4.78, 5) is 27.3. The molecule has 2 heterocycles. The van der Waals surface area contributed by atoms with Crippen molar-refractivity contribution in [2.24, 2.45) is 10.9 Å². The number of hydrogen-bond acceptors (Lipinski definition) is 7. The molecule has 1 aliphatic heterocycles. The van der Waals surface area contributed by atoms with E-state index < -0.39 is 16.8 Å². The summed E-state index contributed by atoms with van der Waals surface area (Å²) in [5.74, 6) is -0.620. The number of aliphatic imine (C=N–C) groups is 1. The minimum absolute atomic E-state index is 0.0174. The summed E-state index contributed by atoms with van der Waals surface area (Å²) >= 11 is 1.33. The van der Waals surface area contributed by atoms with Gasteiger partial charge in [-0.3, -0.25) is 14.9 Å². The molecule has 0 saturated carbocycles. The Labute approximate surface area is 165 Å². The third-order valence-corrected chi connectivity index (χ3v) is 5.62. The third kappa shape index (κ3) is 3.89. The molecule has 0 spiro atoms. The van der Waals surface area contributed by atoms with Crippen molar-refractivity contribution in [2.45, 2.75) is 25.5 Å². The molecule has 1 unspecified atom stereocenters. The molecule has 1 aliphatic rings. The number of benzene rings is 1. The van der Waals surface area contributed by atoms with Gasteiger partial charge >= 0.3 is 0 Å². The number of carbonyl (C=O) groups is 1. The van der Waals surface area contributed by atoms with E-state index >= 15 is 0 Å². The summed E-state index contributed by atoms with van der Waals surface area (Å²) in [7, 11) is 0. The lowest BCUT2D eigenvalue weighted by Gasteiger charge is -2.29. The van der Waals surface area contributed by atoms with Crippen LogP contribution in [-0.2, 0) is 10.5 Å². The lowest BCUT2D eigenvalue weighted by molar-refractivity contribution is -0.384. The van der Waals surface area contributed by atoms with E-state index in [4.69, 9.17) is 4.42 Å². The zero-order valence-electron chi connectivity index (χ0n) is 15.3. The molecule has 0 fully saturated rings. The molecule has 0 aliphatic carbocycles. The number of furan rings is 1. The molecule has 0 bridgehead atoms. The van der Waals surface area contributed by atoms with Crippen LogP contribution in [0.1, 0.15) is 30.9 Å². The zero-order chi connectivity index (χ0) is 20.3. The molecule has 0 radical (unpaired) electrons. The number of nitrogens with zero attached hydrogens (tertiary/aromatic N) is 3. The van der Waals surface area contributed by atoms with Crippen molar-refractivity contribution in [2.75, 3.05) is 0 Å². The molecule has 0 saturated heterocycles. The summed E-state index contributed by atoms with van der Waals surface area (Å²) in [5, 5.41) is 21.3. The molecule has 7 nitrogen and oxygen atoms in total. The SMILES string of the molecule is CC(=O)C1C(C)=NC(SCc2cccc([N+](=O)[O-])c2)=C(C#N)[C@H]1c1ccoc1. The second kappa shape index (κ2) is 8.23. The standard InChI is InChI=1S/C20H17N3O4S/c1-12-18(13(2)24)19(15-6-7-27-10-15)17(9-21)20(22-12)28-11-14-4-3-5-16(8-14)23(25)26/h3-8,10,18-19H,11H2,1-2H3/t18?,19-/m1/s1. The summed E-state index contributed by atoms with van der Waals surface area (Å²) in [6, 6.07) is 10.3. The van der Waals surface area contributed by atoms with Crippen molar-refractivity contribution in [1.29, 1.82) is 5.26 Å². The van der Waals surface area contributed by atoms with E-state index in [0.29, 0.717) is 22.1 Å². The van der Waals surface area contributed by atoms with E-state index in [1.54, 1.807) is 31.4 Å². The van der Waals surface area contributed by atoms with Crippen LogP contribution in [0.5, 0.6) is 0 Å². The van der Waals surface area contributed by atoms with Crippen LogP contribution in [0.2, 0.25) is 0 Å². The van der Waals surface area contributed by atoms with Crippen LogP contribution < -0.4 is 0 Å². The fourth-order valence-corrected chi connectivity index (χ4v) is 4.33. The normalized spacial score (nSPS) is 19.1. The number of hydrogen-bond donors (Lipinski definition) is 0. The van der Waals surface area contributed by atoms with E-state index in [1.807, 2.05) is 0 Å². The highest BCUT2D eigenvalue weighted by atomic mass is 32.2. The van der Waals surface area contributed by atoms with Crippen molar-refractivity contribution in [3.63, 3.8) is 0 Å². The number of nitriles is 1. The van der Waals surface area contributed by atoms with Gasteiger partial charge in [-0.25, -0.2) is 4.99 Å². The Morgan fingerprint density at radius 3 is 2.82 bits per heavy atom. The van der Waals surface area contributed by atoms with Crippen molar-refractivity contribution in [1.82, 2.24) is 0 Å². The summed E-state index contributed by atoms with van der Waals surface area (Å²) < 4.78 is 5.17. The van der Waals surface area contributed by atoms with Crippen LogP contribution in [0.4, 0.5) is 5.69 Å². The largest absolute Gasteiger partial charge is 0.472 e. The van der Waals surface area contributed by atoms with E-state index in [-0.39, 0.29) is 11.5 Å². The van der Waals surface area contributed by atoms with E-state index in [9.17, 15) is 20.2 Å². The molecular formula is C20H17N3O4S. The Hall–Kier alpha value is -3.18. The minimum atomic E-state index is -0.519. The van der Waals surface area contributed by atoms with Gasteiger partial charge in [-0.1, -0.05) is 12.1 Å². The van der Waals surface area contributed by atoms with Crippen LogP contribution in [0, 0.1) is 27.4 Å². The smallest absolute Gasteiger partial charge is 0.269 e. The molecule has 0 amide bonds. The maximum atomic E-state index is 12.2. The number of allylic oxidation sites excluding steroid dienone is 1. The number of carbonyl (C=O) groups excluding carboxylic acids is 1. The van der Waals surface area contributed by atoms with Crippen LogP contribution in [0.15, 0.2) is 62.9 Å². The van der Waals surface area contributed by atoms with Crippen LogP contribution in [0.25, 0.3) is 0 Å². The first kappa shape index (κ1) is 19.6. The monoisotopic (exact) mass is 395 g/mol. The fraction of sp³-hybridized carbons (Fsp3) is 0.250. The Balaban J connectivity index is 1.95. The Morgan fingerprint density at radius 2 is 2.21 bits per heavy atom. The zero-order valence-corrected chi connectivity index (χ0v) is 16.1. The number of rotatable bonds is 6. The van der Waals surface area contributed by atoms with Gasteiger partial charge in [-0.05, 0) is 31.0 Å². The highest BCUT2D eigenvalue weighted by Crippen LogP contribution is 2.43. The number of nitro groups is 1. The van der Waals surface area contributed by atoms with Crippen molar-refractivity contribution >= 4 is 28.9 Å². The molecule has 1 aromatic carbocycles. The van der Waals surface area contributed by atoms with Gasteiger partial charge in [0.1, 0.15) is 10.8 Å². The van der Waals surface area contributed by atoms with Gasteiger partial charge in [0.25, 0.3) is 5.69 Å². The first-order valence-corrected chi connectivity index (χ1v) is 9.49. The first-order chi connectivity index (χ1) is 13.4. The van der Waals surface area contributed by atoms with Gasteiger partial charge in [0.15, 0.2) is 0 Å². The average Bonchev–Trinajstić information content (AvgIpc) is 3.20. The van der Waals surface area contributed by atoms with E-state index in [0.717, 1.165) is 11.1 Å². The summed E-state index contributed by atoms with van der Waals surface area (Å²) in [6.45, 7) is 3.27. The van der Waals surface area contributed by atoms with Gasteiger partial charge in [-0.2, -0.15) is 5.26 Å². The van der Waals surface area contributed by atoms with Crippen LogP contribution in [0.3, 0.4) is 0 Å². The molecule has 2 aromatic rings. The quantitative estimate of drug-likeness (QED) is 0.521. The van der Waals surface area contributed by atoms with Crippen molar-refractivity contribution < 1.29 is 14.1 Å². The molecule has 2 atom stereocenters. The van der Waals surface area contributed by atoms with Gasteiger partial charge in [0.05, 0.1) is 35.0 Å². The highest BCUT2D eigenvalue weighted by Gasteiger charge is 2.38. The predicted molar refractivity (Wildman–Crippen MR) is 106 cm³/mol. The maximum Gasteiger partial charge on any atom is 0.269 e. The Bertz CT molecular complexity index is 1020. The third-order valence-electron chi connectivity index (χ3n) is 4.56. The van der Waals surface area contributed by atoms with E-state index in [1.165, 1.54) is 37.1 Å².